The van der Waals surface area contributed by atoms with E-state index in [4.69, 9.17) is 4.18 Å². The summed E-state index contributed by atoms with van der Waals surface area (Å²) in [5, 5.41) is 2.70. The molecule has 3 fully saturated rings. The van der Waals surface area contributed by atoms with Crippen LogP contribution >= 0.6 is 7.92 Å². The molecule has 3 saturated carbocycles. The lowest BCUT2D eigenvalue weighted by Gasteiger charge is -2.62. The standard InChI is InChI=1S/C23H29O3PS/c1-23(2)17-14-21(23)20(22(15-17)26-28(3,24)25)16-27(18-10-6-4-7-11-18)19-12-8-5-9-13-19/h4-13,17,20-22H,14-16H2,1-3H3/t17?,20-,21?,22+/m0/s1. The second-order valence-corrected chi connectivity index (χ2v) is 12.7. The molecule has 0 radical (unpaired) electrons. The van der Waals surface area contributed by atoms with E-state index in [0.29, 0.717) is 11.8 Å². The smallest absolute Gasteiger partial charge is 0.264 e. The molecule has 2 bridgehead atoms. The number of fused-ring (bicyclic) bond motifs is 2. The van der Waals surface area contributed by atoms with Gasteiger partial charge in [0, 0.05) is 0 Å². The van der Waals surface area contributed by atoms with Gasteiger partial charge in [0.2, 0.25) is 0 Å². The van der Waals surface area contributed by atoms with Crippen LogP contribution in [-0.2, 0) is 14.3 Å². The van der Waals surface area contributed by atoms with E-state index in [0.717, 1.165) is 12.6 Å². The van der Waals surface area contributed by atoms with E-state index in [1.165, 1.54) is 23.3 Å². The third-order valence-electron chi connectivity index (χ3n) is 6.89. The molecule has 5 rings (SSSR count). The topological polar surface area (TPSA) is 43.4 Å². The molecular weight excluding hydrogens is 387 g/mol. The highest BCUT2D eigenvalue weighted by molar-refractivity contribution is 7.86. The van der Waals surface area contributed by atoms with E-state index in [-0.39, 0.29) is 17.4 Å². The first-order chi connectivity index (χ1) is 13.3. The van der Waals surface area contributed by atoms with Crippen molar-refractivity contribution in [3.63, 3.8) is 0 Å². The molecule has 0 aromatic heterocycles. The van der Waals surface area contributed by atoms with Crippen LogP contribution in [0.1, 0.15) is 26.7 Å². The summed E-state index contributed by atoms with van der Waals surface area (Å²) in [4.78, 5) is 0. The van der Waals surface area contributed by atoms with Crippen LogP contribution in [0.25, 0.3) is 0 Å². The summed E-state index contributed by atoms with van der Waals surface area (Å²) in [6.07, 6.45) is 4.03. The first-order valence-corrected chi connectivity index (χ1v) is 13.4. The predicted molar refractivity (Wildman–Crippen MR) is 117 cm³/mol. The number of benzene rings is 2. The Balaban J connectivity index is 1.68. The second kappa shape index (κ2) is 7.55. The Kier molecular flexibility index (Phi) is 5.41. The van der Waals surface area contributed by atoms with Crippen LogP contribution in [0.3, 0.4) is 0 Å². The van der Waals surface area contributed by atoms with Gasteiger partial charge in [-0.2, -0.15) is 8.42 Å². The Labute approximate surface area is 170 Å². The van der Waals surface area contributed by atoms with Crippen molar-refractivity contribution in [2.75, 3.05) is 12.4 Å². The summed E-state index contributed by atoms with van der Waals surface area (Å²) in [6.45, 7) is 4.70. The summed E-state index contributed by atoms with van der Waals surface area (Å²) >= 11 is 0. The Morgan fingerprint density at radius 1 is 0.964 bits per heavy atom. The minimum absolute atomic E-state index is 0.191. The van der Waals surface area contributed by atoms with Crippen molar-refractivity contribution in [3.05, 3.63) is 60.7 Å². The lowest BCUT2D eigenvalue weighted by Crippen LogP contribution is -2.59. The van der Waals surface area contributed by atoms with Crippen molar-refractivity contribution in [1.82, 2.24) is 0 Å². The summed E-state index contributed by atoms with van der Waals surface area (Å²) in [5.74, 6) is 1.36. The molecule has 3 aliphatic carbocycles. The van der Waals surface area contributed by atoms with Crippen molar-refractivity contribution in [2.24, 2.45) is 23.2 Å². The van der Waals surface area contributed by atoms with Crippen molar-refractivity contribution in [2.45, 2.75) is 32.8 Å². The second-order valence-electron chi connectivity index (χ2n) is 8.88. The third-order valence-corrected chi connectivity index (χ3v) is 10.1. The van der Waals surface area contributed by atoms with Gasteiger partial charge in [-0.25, -0.2) is 0 Å². The maximum Gasteiger partial charge on any atom is 0.264 e. The molecule has 4 atom stereocenters. The lowest BCUT2D eigenvalue weighted by molar-refractivity contribution is -0.144. The largest absolute Gasteiger partial charge is 0.267 e. The average Bonchev–Trinajstić information content (AvgIpc) is 2.66. The van der Waals surface area contributed by atoms with Crippen LogP contribution in [0.4, 0.5) is 0 Å². The maximum atomic E-state index is 11.9. The van der Waals surface area contributed by atoms with E-state index in [9.17, 15) is 8.42 Å². The molecule has 150 valence electrons. The fourth-order valence-corrected chi connectivity index (χ4v) is 8.63. The zero-order valence-electron chi connectivity index (χ0n) is 16.8. The van der Waals surface area contributed by atoms with Gasteiger partial charge in [0.25, 0.3) is 10.1 Å². The molecule has 0 amide bonds. The van der Waals surface area contributed by atoms with Gasteiger partial charge in [-0.1, -0.05) is 74.5 Å². The lowest BCUT2D eigenvalue weighted by atomic mass is 9.45. The van der Waals surface area contributed by atoms with E-state index in [2.05, 4.69) is 74.5 Å². The fourth-order valence-electron chi connectivity index (χ4n) is 5.26. The van der Waals surface area contributed by atoms with Crippen molar-refractivity contribution in [1.29, 1.82) is 0 Å². The van der Waals surface area contributed by atoms with E-state index in [1.54, 1.807) is 0 Å². The minimum Gasteiger partial charge on any atom is -0.267 e. The van der Waals surface area contributed by atoms with Crippen LogP contribution in [0.5, 0.6) is 0 Å². The SMILES string of the molecule is CC1(C)C2CC1[C@H](CP(c1ccccc1)c1ccccc1)[C@H](OS(C)(=O)=O)C2. The Morgan fingerprint density at radius 2 is 1.50 bits per heavy atom. The quantitative estimate of drug-likeness (QED) is 0.525. The summed E-state index contributed by atoms with van der Waals surface area (Å²) in [6, 6.07) is 21.3. The first-order valence-electron chi connectivity index (χ1n) is 10.0. The third kappa shape index (κ3) is 3.92. The zero-order chi connectivity index (χ0) is 19.9. The highest BCUT2D eigenvalue weighted by Gasteiger charge is 2.58. The van der Waals surface area contributed by atoms with Crippen molar-refractivity contribution < 1.29 is 12.6 Å². The van der Waals surface area contributed by atoms with Crippen molar-refractivity contribution >= 4 is 28.6 Å². The Hall–Kier alpha value is -1.22. The van der Waals surface area contributed by atoms with E-state index < -0.39 is 18.0 Å². The van der Waals surface area contributed by atoms with E-state index >= 15 is 0 Å². The highest BCUT2D eigenvalue weighted by atomic mass is 32.2. The monoisotopic (exact) mass is 416 g/mol. The van der Waals surface area contributed by atoms with Gasteiger partial charge in [-0.3, -0.25) is 4.18 Å². The summed E-state index contributed by atoms with van der Waals surface area (Å²) < 4.78 is 29.5. The van der Waals surface area contributed by atoms with Gasteiger partial charge in [0.05, 0.1) is 12.4 Å². The molecule has 2 aromatic carbocycles. The molecule has 3 nitrogen and oxygen atoms in total. The molecule has 0 saturated heterocycles. The van der Waals surface area contributed by atoms with Gasteiger partial charge < -0.3 is 0 Å². The van der Waals surface area contributed by atoms with Gasteiger partial charge >= 0.3 is 0 Å². The predicted octanol–water partition coefficient (Wildman–Crippen LogP) is 4.15. The number of hydrogen-bond donors (Lipinski definition) is 0. The number of hydrogen-bond acceptors (Lipinski definition) is 3. The van der Waals surface area contributed by atoms with Crippen LogP contribution in [0.15, 0.2) is 60.7 Å². The van der Waals surface area contributed by atoms with Crippen LogP contribution in [-0.4, -0.2) is 26.9 Å². The van der Waals surface area contributed by atoms with Gasteiger partial charge in [-0.05, 0) is 60.7 Å². The minimum atomic E-state index is -3.45. The van der Waals surface area contributed by atoms with Crippen LogP contribution in [0, 0.1) is 23.2 Å². The van der Waals surface area contributed by atoms with Gasteiger partial charge in [0.15, 0.2) is 0 Å². The highest BCUT2D eigenvalue weighted by Crippen LogP contribution is 2.63. The Morgan fingerprint density at radius 3 is 1.96 bits per heavy atom. The van der Waals surface area contributed by atoms with Crippen LogP contribution in [0.2, 0.25) is 0 Å². The van der Waals surface area contributed by atoms with Gasteiger partial charge in [0.1, 0.15) is 0 Å². The maximum absolute atomic E-state index is 11.9. The molecule has 3 aliphatic rings. The normalized spacial score (nSPS) is 28.7. The molecule has 5 heteroatoms. The first kappa shape index (κ1) is 20.1. The fraction of sp³-hybridized carbons (Fsp3) is 0.478. The number of rotatable bonds is 6. The van der Waals surface area contributed by atoms with Crippen LogP contribution < -0.4 is 10.6 Å². The van der Waals surface area contributed by atoms with Gasteiger partial charge in [-0.15, -0.1) is 0 Å². The summed E-state index contributed by atoms with van der Waals surface area (Å²) in [5.41, 5.74) is 0.274. The van der Waals surface area contributed by atoms with Crippen molar-refractivity contribution in [3.8, 4) is 0 Å². The Bertz CT molecular complexity index is 872. The molecule has 2 aromatic rings. The zero-order valence-corrected chi connectivity index (χ0v) is 18.5. The summed E-state index contributed by atoms with van der Waals surface area (Å²) in [7, 11) is -4.01. The van der Waals surface area contributed by atoms with E-state index in [1.807, 2.05) is 0 Å². The molecule has 0 aliphatic heterocycles. The molecule has 0 spiro atoms. The average molecular weight is 417 g/mol. The molecular formula is C23H29O3PS. The molecule has 28 heavy (non-hydrogen) atoms. The molecule has 0 N–H and O–H groups in total. The molecule has 2 unspecified atom stereocenters. The molecule has 0 heterocycles.